The molecule has 0 atom stereocenters. The molecule has 0 aliphatic rings. The van der Waals surface area contributed by atoms with Crippen LogP contribution < -0.4 is 0 Å². The molecule has 0 saturated carbocycles. The second-order valence-corrected chi connectivity index (χ2v) is 19.6. The Bertz CT molecular complexity index is 831. The highest BCUT2D eigenvalue weighted by molar-refractivity contribution is 5.30. The van der Waals surface area contributed by atoms with E-state index >= 15 is 0 Å². The van der Waals surface area contributed by atoms with E-state index in [1.807, 2.05) is 0 Å². The molecule has 1 rings (SSSR count). The Morgan fingerprint density at radius 3 is 0.483 bits per heavy atom. The van der Waals surface area contributed by atoms with Gasteiger partial charge in [0.05, 0.1) is 0 Å². The van der Waals surface area contributed by atoms with Crippen molar-refractivity contribution in [2.45, 2.75) is 335 Å². The van der Waals surface area contributed by atoms with Crippen molar-refractivity contribution in [2.75, 3.05) is 0 Å². The normalized spacial score (nSPS) is 11.6. The summed E-state index contributed by atoms with van der Waals surface area (Å²) in [6.45, 7) is 6.97. The molecule has 0 bridgehead atoms. The first-order chi connectivity index (χ1) is 28.8. The minimum absolute atomic E-state index is 1.27. The lowest BCUT2D eigenvalue weighted by Gasteiger charge is -2.11. The van der Waals surface area contributed by atoms with Gasteiger partial charge in [0, 0.05) is 0 Å². The molecule has 0 unspecified atom stereocenters. The van der Waals surface area contributed by atoms with Crippen LogP contribution >= 0.6 is 0 Å². The van der Waals surface area contributed by atoms with Gasteiger partial charge in [0.1, 0.15) is 0 Å². The minimum Gasteiger partial charge on any atom is -0.0654 e. The average molecular weight is 808 g/mol. The first-order valence-corrected chi connectivity index (χ1v) is 27.9. The van der Waals surface area contributed by atoms with E-state index in [4.69, 9.17) is 0 Å². The number of unbranched alkanes of at least 4 members (excludes halogenated alkanes) is 43. The van der Waals surface area contributed by atoms with Gasteiger partial charge >= 0.3 is 0 Å². The summed E-state index contributed by atoms with van der Waals surface area (Å²) in [5, 5.41) is 0. The first kappa shape index (κ1) is 55.2. The van der Waals surface area contributed by atoms with Gasteiger partial charge in [-0.25, -0.2) is 0 Å². The van der Waals surface area contributed by atoms with E-state index in [-0.39, 0.29) is 0 Å². The minimum atomic E-state index is 1.27. The van der Waals surface area contributed by atoms with Gasteiger partial charge in [-0.1, -0.05) is 315 Å². The maximum atomic E-state index is 2.59. The Balaban J connectivity index is 1.96. The zero-order valence-electron chi connectivity index (χ0n) is 40.9. The van der Waals surface area contributed by atoms with E-state index in [1.54, 1.807) is 16.7 Å². The van der Waals surface area contributed by atoms with Gasteiger partial charge in [0.25, 0.3) is 0 Å². The molecule has 0 heterocycles. The maximum Gasteiger partial charge on any atom is -0.0279 e. The summed E-state index contributed by atoms with van der Waals surface area (Å²) in [5.41, 5.74) is 4.89. The number of benzene rings is 1. The highest BCUT2D eigenvalue weighted by atomic mass is 14.1. The van der Waals surface area contributed by atoms with Crippen molar-refractivity contribution in [1.29, 1.82) is 0 Å². The largest absolute Gasteiger partial charge is 0.0654 e. The summed E-state index contributed by atoms with van der Waals surface area (Å²) in [5.74, 6) is 0. The predicted molar refractivity (Wildman–Crippen MR) is 267 cm³/mol. The van der Waals surface area contributed by atoms with Gasteiger partial charge < -0.3 is 0 Å². The molecule has 1 aromatic carbocycles. The number of rotatable bonds is 49. The van der Waals surface area contributed by atoms with Crippen LogP contribution in [0.1, 0.15) is 333 Å². The molecular formula is C58H110. The molecule has 0 radical (unpaired) electrons. The third-order valence-electron chi connectivity index (χ3n) is 13.6. The van der Waals surface area contributed by atoms with Crippen molar-refractivity contribution < 1.29 is 0 Å². The molecule has 0 N–H and O–H groups in total. The van der Waals surface area contributed by atoms with Crippen LogP contribution in [0.3, 0.4) is 0 Å². The number of hydrogen-bond donors (Lipinski definition) is 0. The zero-order chi connectivity index (χ0) is 41.5. The Hall–Kier alpha value is -0.780. The van der Waals surface area contributed by atoms with Crippen molar-refractivity contribution in [2.24, 2.45) is 0 Å². The summed E-state index contributed by atoms with van der Waals surface area (Å²) < 4.78 is 0. The van der Waals surface area contributed by atoms with Crippen molar-refractivity contribution >= 4 is 0 Å². The molecule has 58 heavy (non-hydrogen) atoms. The molecular weight excluding hydrogens is 697 g/mol. The lowest BCUT2D eigenvalue weighted by atomic mass is 9.95. The molecule has 342 valence electrons. The lowest BCUT2D eigenvalue weighted by Crippen LogP contribution is -1.96. The van der Waals surface area contributed by atoms with E-state index in [0.29, 0.717) is 0 Å². The molecule has 0 spiro atoms. The fourth-order valence-electron chi connectivity index (χ4n) is 9.53. The molecule has 0 nitrogen and oxygen atoms in total. The van der Waals surface area contributed by atoms with Crippen LogP contribution in [-0.2, 0) is 19.3 Å². The van der Waals surface area contributed by atoms with E-state index in [1.165, 1.54) is 315 Å². The second-order valence-electron chi connectivity index (χ2n) is 19.6. The molecule has 0 amide bonds. The number of aryl methyl sites for hydroxylation is 3. The Labute approximate surface area is 368 Å². The summed E-state index contributed by atoms with van der Waals surface area (Å²) >= 11 is 0. The Kier molecular flexibility index (Phi) is 45.0. The maximum absolute atomic E-state index is 2.59. The van der Waals surface area contributed by atoms with Crippen molar-refractivity contribution in [3.8, 4) is 0 Å². The molecule has 0 saturated heterocycles. The van der Waals surface area contributed by atoms with Crippen LogP contribution in [0.15, 0.2) is 18.2 Å². The third kappa shape index (κ3) is 40.6. The van der Waals surface area contributed by atoms with E-state index < -0.39 is 0 Å². The smallest absolute Gasteiger partial charge is 0.0279 e. The van der Waals surface area contributed by atoms with Crippen molar-refractivity contribution in [1.82, 2.24) is 0 Å². The van der Waals surface area contributed by atoms with Gasteiger partial charge in [0.15, 0.2) is 0 Å². The molecule has 0 fully saturated rings. The predicted octanol–water partition coefficient (Wildman–Crippen LogP) is 21.3. The first-order valence-electron chi connectivity index (χ1n) is 27.9. The van der Waals surface area contributed by atoms with Crippen LogP contribution in [0.2, 0.25) is 0 Å². The number of hydrogen-bond acceptors (Lipinski definition) is 0. The Morgan fingerprint density at radius 2 is 0.310 bits per heavy atom. The standard InChI is InChI=1S/C58H110/c1-4-7-10-12-14-16-18-20-22-24-26-28-30-32-34-36-38-40-42-44-46-48-51-57-53-56(50-9-6-3)54-58(55-57)52-49-47-45-43-41-39-37-35-33-31-29-27-25-23-21-19-17-15-13-11-8-5-2/h53-55H,4-52H2,1-3H3. The van der Waals surface area contributed by atoms with Gasteiger partial charge in [-0.2, -0.15) is 0 Å². The van der Waals surface area contributed by atoms with Gasteiger partial charge in [-0.05, 0) is 55.2 Å². The van der Waals surface area contributed by atoms with E-state index in [0.717, 1.165) is 0 Å². The Morgan fingerprint density at radius 1 is 0.172 bits per heavy atom. The monoisotopic (exact) mass is 807 g/mol. The molecule has 0 aromatic heterocycles. The average Bonchev–Trinajstić information content (AvgIpc) is 3.23. The van der Waals surface area contributed by atoms with Gasteiger partial charge in [0.2, 0.25) is 0 Å². The SMILES string of the molecule is CCCCCCCCCCCCCCCCCCCCCCCCc1cc(CCCC)cc(CCCCCCCCCCCCCCCCCCCCCCCC)c1. The topological polar surface area (TPSA) is 0 Å². The van der Waals surface area contributed by atoms with Crippen molar-refractivity contribution in [3.05, 3.63) is 34.9 Å². The quantitative estimate of drug-likeness (QED) is 0.0576. The fourth-order valence-corrected chi connectivity index (χ4v) is 9.53. The summed E-state index contributed by atoms with van der Waals surface area (Å²) in [6.07, 6.45) is 70.9. The molecule has 1 aromatic rings. The summed E-state index contributed by atoms with van der Waals surface area (Å²) in [6, 6.07) is 7.72. The molecule has 0 heteroatoms. The van der Waals surface area contributed by atoms with Crippen LogP contribution in [0.5, 0.6) is 0 Å². The zero-order valence-corrected chi connectivity index (χ0v) is 40.9. The van der Waals surface area contributed by atoms with Crippen LogP contribution in [0.4, 0.5) is 0 Å². The summed E-state index contributed by atoms with van der Waals surface area (Å²) in [4.78, 5) is 0. The van der Waals surface area contributed by atoms with Crippen LogP contribution in [-0.4, -0.2) is 0 Å². The third-order valence-corrected chi connectivity index (χ3v) is 13.6. The van der Waals surface area contributed by atoms with E-state index in [9.17, 15) is 0 Å². The highest BCUT2D eigenvalue weighted by Gasteiger charge is 2.04. The van der Waals surface area contributed by atoms with Crippen molar-refractivity contribution in [3.63, 3.8) is 0 Å². The van der Waals surface area contributed by atoms with E-state index in [2.05, 4.69) is 39.0 Å². The summed E-state index contributed by atoms with van der Waals surface area (Å²) in [7, 11) is 0. The van der Waals surface area contributed by atoms with Gasteiger partial charge in [-0.3, -0.25) is 0 Å². The van der Waals surface area contributed by atoms with Gasteiger partial charge in [-0.15, -0.1) is 0 Å². The lowest BCUT2D eigenvalue weighted by molar-refractivity contribution is 0.519. The second kappa shape index (κ2) is 47.3. The van der Waals surface area contributed by atoms with Crippen LogP contribution in [0, 0.1) is 0 Å². The molecule has 0 aliphatic heterocycles. The molecule has 0 aliphatic carbocycles. The van der Waals surface area contributed by atoms with Crippen LogP contribution in [0.25, 0.3) is 0 Å². The fraction of sp³-hybridized carbons (Fsp3) is 0.897. The highest BCUT2D eigenvalue weighted by Crippen LogP contribution is 2.21.